The first-order valence-corrected chi connectivity index (χ1v) is 4.52. The minimum absolute atomic E-state index is 0.0844. The Balaban J connectivity index is 3.13. The summed E-state index contributed by atoms with van der Waals surface area (Å²) in [6.07, 6.45) is 0.454. The summed E-state index contributed by atoms with van der Waals surface area (Å²) in [6, 6.07) is 2.48. The SMILES string of the molecule is C[C@H](N)Cc1cc(N)c(C(=O)O)cc1O. The molecule has 0 aliphatic carbocycles. The van der Waals surface area contributed by atoms with Crippen LogP contribution >= 0.6 is 0 Å². The number of carboxylic acid groups (broad SMARTS) is 1. The van der Waals surface area contributed by atoms with Crippen LogP contribution < -0.4 is 11.5 Å². The first-order valence-electron chi connectivity index (χ1n) is 4.52. The quantitative estimate of drug-likeness (QED) is 0.430. The zero-order chi connectivity index (χ0) is 11.6. The Hall–Kier alpha value is -1.75. The Kier molecular flexibility index (Phi) is 3.16. The van der Waals surface area contributed by atoms with E-state index in [1.807, 2.05) is 0 Å². The van der Waals surface area contributed by atoms with Crippen molar-refractivity contribution in [2.75, 3.05) is 5.73 Å². The molecule has 15 heavy (non-hydrogen) atoms. The van der Waals surface area contributed by atoms with Gasteiger partial charge in [0.25, 0.3) is 0 Å². The normalized spacial score (nSPS) is 12.4. The van der Waals surface area contributed by atoms with Gasteiger partial charge in [0.15, 0.2) is 0 Å². The highest BCUT2D eigenvalue weighted by atomic mass is 16.4. The summed E-state index contributed by atoms with van der Waals surface area (Å²) < 4.78 is 0. The molecule has 1 aromatic rings. The minimum atomic E-state index is -1.16. The van der Waals surface area contributed by atoms with E-state index in [4.69, 9.17) is 16.6 Å². The maximum atomic E-state index is 10.7. The Labute approximate surface area is 87.3 Å². The van der Waals surface area contributed by atoms with Crippen LogP contribution in [-0.2, 0) is 6.42 Å². The lowest BCUT2D eigenvalue weighted by Gasteiger charge is -2.10. The number of benzene rings is 1. The number of anilines is 1. The second kappa shape index (κ2) is 4.18. The van der Waals surface area contributed by atoms with E-state index in [1.54, 1.807) is 6.92 Å². The van der Waals surface area contributed by atoms with Crippen LogP contribution in [0.2, 0.25) is 0 Å². The molecule has 0 aliphatic heterocycles. The van der Waals surface area contributed by atoms with Gasteiger partial charge in [0.2, 0.25) is 0 Å². The van der Waals surface area contributed by atoms with Crippen LogP contribution in [0.5, 0.6) is 5.75 Å². The molecule has 0 bridgehead atoms. The molecule has 0 fully saturated rings. The standard InChI is InChI=1S/C10H14N2O3/c1-5(11)2-6-3-8(12)7(10(14)15)4-9(6)13/h3-5,13H,2,11-12H2,1H3,(H,14,15)/t5-/m0/s1. The van der Waals surface area contributed by atoms with Crippen molar-refractivity contribution >= 4 is 11.7 Å². The lowest BCUT2D eigenvalue weighted by molar-refractivity contribution is 0.0697. The van der Waals surface area contributed by atoms with Gasteiger partial charge in [-0.05, 0) is 31.0 Å². The molecule has 0 aromatic heterocycles. The average Bonchev–Trinajstić information content (AvgIpc) is 2.09. The Bertz CT molecular complexity index is 388. The van der Waals surface area contributed by atoms with Gasteiger partial charge in [-0.25, -0.2) is 4.79 Å². The predicted octanol–water partition coefficient (Wildman–Crippen LogP) is 0.562. The Morgan fingerprint density at radius 1 is 1.53 bits per heavy atom. The van der Waals surface area contributed by atoms with Gasteiger partial charge >= 0.3 is 5.97 Å². The molecule has 0 radical (unpaired) electrons. The molecule has 5 nitrogen and oxygen atoms in total. The maximum absolute atomic E-state index is 10.7. The van der Waals surface area contributed by atoms with Gasteiger partial charge in [0.05, 0.1) is 5.56 Å². The summed E-state index contributed by atoms with van der Waals surface area (Å²) >= 11 is 0. The van der Waals surface area contributed by atoms with Crippen molar-refractivity contribution in [1.29, 1.82) is 0 Å². The third-order valence-corrected chi connectivity index (χ3v) is 2.02. The molecule has 1 rings (SSSR count). The van der Waals surface area contributed by atoms with E-state index < -0.39 is 5.97 Å². The summed E-state index contributed by atoms with van der Waals surface area (Å²) in [7, 11) is 0. The largest absolute Gasteiger partial charge is 0.508 e. The number of phenols is 1. The van der Waals surface area contributed by atoms with Crippen molar-refractivity contribution in [2.24, 2.45) is 5.73 Å². The second-order valence-corrected chi connectivity index (χ2v) is 3.55. The van der Waals surface area contributed by atoms with Gasteiger partial charge < -0.3 is 21.7 Å². The van der Waals surface area contributed by atoms with Gasteiger partial charge in [-0.2, -0.15) is 0 Å². The van der Waals surface area contributed by atoms with Crippen LogP contribution in [-0.4, -0.2) is 22.2 Å². The lowest BCUT2D eigenvalue weighted by Crippen LogP contribution is -2.18. The molecule has 0 aliphatic rings. The highest BCUT2D eigenvalue weighted by molar-refractivity contribution is 5.94. The zero-order valence-electron chi connectivity index (χ0n) is 8.40. The number of nitrogens with two attached hydrogens (primary N) is 2. The van der Waals surface area contributed by atoms with E-state index in [1.165, 1.54) is 6.07 Å². The summed E-state index contributed by atoms with van der Waals surface area (Å²) in [5, 5.41) is 18.3. The molecule has 0 saturated carbocycles. The van der Waals surface area contributed by atoms with Gasteiger partial charge in [-0.3, -0.25) is 0 Å². The number of aromatic hydroxyl groups is 1. The average molecular weight is 210 g/mol. The first kappa shape index (κ1) is 11.3. The van der Waals surface area contributed by atoms with Crippen molar-refractivity contribution in [3.8, 4) is 5.75 Å². The summed E-state index contributed by atoms with van der Waals surface area (Å²) in [5.74, 6) is -1.24. The summed E-state index contributed by atoms with van der Waals surface area (Å²) in [4.78, 5) is 10.7. The molecule has 0 heterocycles. The van der Waals surface area contributed by atoms with Crippen LogP contribution in [0.25, 0.3) is 0 Å². The Morgan fingerprint density at radius 2 is 2.13 bits per heavy atom. The third-order valence-electron chi connectivity index (χ3n) is 2.02. The van der Waals surface area contributed by atoms with Crippen molar-refractivity contribution in [3.05, 3.63) is 23.3 Å². The molecular weight excluding hydrogens is 196 g/mol. The molecule has 0 unspecified atom stereocenters. The summed E-state index contributed by atoms with van der Waals surface area (Å²) in [5.41, 5.74) is 11.7. The van der Waals surface area contributed by atoms with Crippen molar-refractivity contribution in [1.82, 2.24) is 0 Å². The van der Waals surface area contributed by atoms with E-state index in [-0.39, 0.29) is 23.0 Å². The highest BCUT2D eigenvalue weighted by Crippen LogP contribution is 2.25. The van der Waals surface area contributed by atoms with Crippen LogP contribution in [0.1, 0.15) is 22.8 Å². The number of rotatable bonds is 3. The van der Waals surface area contributed by atoms with Crippen LogP contribution in [0.3, 0.4) is 0 Å². The van der Waals surface area contributed by atoms with E-state index in [9.17, 15) is 9.90 Å². The minimum Gasteiger partial charge on any atom is -0.508 e. The number of aromatic carboxylic acids is 1. The first-order chi connectivity index (χ1) is 6.91. The zero-order valence-corrected chi connectivity index (χ0v) is 8.40. The maximum Gasteiger partial charge on any atom is 0.337 e. The monoisotopic (exact) mass is 210 g/mol. The van der Waals surface area contributed by atoms with E-state index in [0.717, 1.165) is 6.07 Å². The summed E-state index contributed by atoms with van der Waals surface area (Å²) in [6.45, 7) is 1.79. The number of hydrogen-bond donors (Lipinski definition) is 4. The van der Waals surface area contributed by atoms with Crippen molar-refractivity contribution in [3.63, 3.8) is 0 Å². The van der Waals surface area contributed by atoms with Crippen molar-refractivity contribution in [2.45, 2.75) is 19.4 Å². The smallest absolute Gasteiger partial charge is 0.337 e. The molecule has 0 spiro atoms. The van der Waals surface area contributed by atoms with E-state index in [2.05, 4.69) is 0 Å². The lowest BCUT2D eigenvalue weighted by atomic mass is 10.0. The van der Waals surface area contributed by atoms with E-state index in [0.29, 0.717) is 12.0 Å². The van der Waals surface area contributed by atoms with Crippen LogP contribution in [0, 0.1) is 0 Å². The van der Waals surface area contributed by atoms with Gasteiger partial charge in [0.1, 0.15) is 5.75 Å². The molecule has 82 valence electrons. The number of phenolic OH excluding ortho intramolecular Hbond substituents is 1. The fourth-order valence-corrected chi connectivity index (χ4v) is 1.35. The molecule has 0 saturated heterocycles. The molecular formula is C10H14N2O3. The topological polar surface area (TPSA) is 110 Å². The molecule has 5 heteroatoms. The highest BCUT2D eigenvalue weighted by Gasteiger charge is 2.13. The van der Waals surface area contributed by atoms with Gasteiger partial charge in [-0.1, -0.05) is 0 Å². The number of nitrogen functional groups attached to an aromatic ring is 1. The van der Waals surface area contributed by atoms with Crippen LogP contribution in [0.4, 0.5) is 5.69 Å². The third kappa shape index (κ3) is 2.60. The Morgan fingerprint density at radius 3 is 2.60 bits per heavy atom. The molecule has 1 atom stereocenters. The van der Waals surface area contributed by atoms with Gasteiger partial charge in [-0.15, -0.1) is 0 Å². The van der Waals surface area contributed by atoms with Crippen LogP contribution in [0.15, 0.2) is 12.1 Å². The number of carboxylic acids is 1. The predicted molar refractivity (Wildman–Crippen MR) is 56.8 cm³/mol. The fraction of sp³-hybridized carbons (Fsp3) is 0.300. The van der Waals surface area contributed by atoms with Crippen molar-refractivity contribution < 1.29 is 15.0 Å². The number of carbonyl (C=O) groups is 1. The second-order valence-electron chi connectivity index (χ2n) is 3.55. The van der Waals surface area contributed by atoms with Gasteiger partial charge in [0, 0.05) is 11.7 Å². The molecule has 1 aromatic carbocycles. The van der Waals surface area contributed by atoms with E-state index >= 15 is 0 Å². The fourth-order valence-electron chi connectivity index (χ4n) is 1.35. The number of hydrogen-bond acceptors (Lipinski definition) is 4. The molecule has 0 amide bonds. The molecule has 6 N–H and O–H groups in total.